The Morgan fingerprint density at radius 2 is 1.66 bits per heavy atom. The van der Waals surface area contributed by atoms with Gasteiger partial charge in [0.2, 0.25) is 23.6 Å². The Kier molecular flexibility index (Phi) is 12.9. The zero-order chi connectivity index (χ0) is 35.5. The number of rotatable bonds is 16. The summed E-state index contributed by atoms with van der Waals surface area (Å²) in [4.78, 5) is 63.1. The van der Waals surface area contributed by atoms with E-state index in [1.54, 1.807) is 31.5 Å². The van der Waals surface area contributed by atoms with E-state index in [0.29, 0.717) is 43.8 Å². The minimum absolute atomic E-state index is 0.138. The monoisotopic (exact) mass is 699 g/mol. The lowest BCUT2D eigenvalue weighted by Crippen LogP contribution is -2.58. The van der Waals surface area contributed by atoms with Crippen LogP contribution in [0.15, 0.2) is 67.0 Å². The number of thiazole rings is 1. The number of nitrogens with zero attached hydrogens (tertiary/aromatic N) is 2. The Balaban J connectivity index is 1.35. The summed E-state index contributed by atoms with van der Waals surface area (Å²) in [6.45, 7) is 4.62. The highest BCUT2D eigenvalue weighted by molar-refractivity contribution is 7.18. The Hall–Kier alpha value is -4.88. The van der Waals surface area contributed by atoms with Gasteiger partial charge in [-0.25, -0.2) is 4.98 Å². The van der Waals surface area contributed by atoms with Gasteiger partial charge in [-0.05, 0) is 74.2 Å². The molecule has 1 aliphatic heterocycles. The molecular formula is C37H45N7O5S. The fourth-order valence-electron chi connectivity index (χ4n) is 5.88. The number of carbonyl (C=O) groups is 4. The summed E-state index contributed by atoms with van der Waals surface area (Å²) < 4.78 is 6.75. The number of amides is 4. The molecule has 264 valence electrons. The van der Waals surface area contributed by atoms with E-state index in [-0.39, 0.29) is 37.1 Å². The van der Waals surface area contributed by atoms with Gasteiger partial charge in [0.25, 0.3) is 0 Å². The van der Waals surface area contributed by atoms with Crippen molar-refractivity contribution in [2.75, 3.05) is 13.2 Å². The first kappa shape index (κ1) is 36.4. The summed E-state index contributed by atoms with van der Waals surface area (Å²) in [7, 11) is 0. The van der Waals surface area contributed by atoms with Gasteiger partial charge in [-0.2, -0.15) is 0 Å². The number of hydrogen-bond acceptors (Lipinski definition) is 9. The molecular weight excluding hydrogens is 655 g/mol. The van der Waals surface area contributed by atoms with Crippen LogP contribution in [0.1, 0.15) is 66.8 Å². The third-order valence-electron chi connectivity index (χ3n) is 8.62. The van der Waals surface area contributed by atoms with E-state index < -0.39 is 29.9 Å². The van der Waals surface area contributed by atoms with Crippen molar-refractivity contribution in [3.8, 4) is 5.75 Å². The molecule has 0 saturated carbocycles. The molecule has 50 heavy (non-hydrogen) atoms. The van der Waals surface area contributed by atoms with Crippen LogP contribution >= 0.6 is 11.3 Å². The molecule has 0 spiro atoms. The summed E-state index contributed by atoms with van der Waals surface area (Å²) in [5.74, 6) is -0.960. The second kappa shape index (κ2) is 17.7. The number of aryl methyl sites for hydroxylation is 1. The molecule has 3 heterocycles. The Morgan fingerprint density at radius 1 is 0.920 bits per heavy atom. The number of unbranched alkanes of at least 4 members (excludes halogenated alkanes) is 1. The minimum Gasteiger partial charge on any atom is -0.493 e. The van der Waals surface area contributed by atoms with E-state index >= 15 is 0 Å². The first-order chi connectivity index (χ1) is 24.2. The molecule has 12 nitrogen and oxygen atoms in total. The van der Waals surface area contributed by atoms with Crippen molar-refractivity contribution in [1.29, 1.82) is 0 Å². The van der Waals surface area contributed by atoms with Crippen LogP contribution in [0.4, 0.5) is 0 Å². The van der Waals surface area contributed by atoms with Crippen molar-refractivity contribution in [3.05, 3.63) is 88.7 Å². The van der Waals surface area contributed by atoms with E-state index in [4.69, 9.17) is 10.5 Å². The SMILES string of the molecule is CCC(=O)N[C@@H](Cc1nc2ccc(C)cc2s1)C(=O)N[C@@H](Cc1ccncc1)C(=O)N[C@@H](CCCCN)C(=O)N[C@@H]1CCOc2ccccc21. The van der Waals surface area contributed by atoms with Gasteiger partial charge in [0.05, 0.1) is 27.9 Å². The molecule has 5 rings (SSSR count). The van der Waals surface area contributed by atoms with Gasteiger partial charge < -0.3 is 31.7 Å². The fourth-order valence-corrected chi connectivity index (χ4v) is 6.99. The van der Waals surface area contributed by atoms with E-state index in [1.807, 2.05) is 49.4 Å². The maximum absolute atomic E-state index is 14.1. The lowest BCUT2D eigenvalue weighted by atomic mass is 9.99. The number of aromatic nitrogens is 2. The molecule has 0 aliphatic carbocycles. The van der Waals surface area contributed by atoms with Crippen molar-refractivity contribution in [3.63, 3.8) is 0 Å². The third-order valence-corrected chi connectivity index (χ3v) is 9.66. The summed E-state index contributed by atoms with van der Waals surface area (Å²) >= 11 is 1.46. The number of para-hydroxylation sites is 1. The highest BCUT2D eigenvalue weighted by Gasteiger charge is 2.32. The lowest BCUT2D eigenvalue weighted by Gasteiger charge is -2.29. The third kappa shape index (κ3) is 9.85. The molecule has 0 unspecified atom stereocenters. The minimum atomic E-state index is -1.06. The Morgan fingerprint density at radius 3 is 2.42 bits per heavy atom. The number of carbonyl (C=O) groups excluding carboxylic acids is 4. The van der Waals surface area contributed by atoms with Crippen LogP contribution in [0.2, 0.25) is 0 Å². The van der Waals surface area contributed by atoms with Gasteiger partial charge in [-0.1, -0.05) is 31.2 Å². The quantitative estimate of drug-likeness (QED) is 0.111. The molecule has 0 bridgehead atoms. The van der Waals surface area contributed by atoms with Crippen LogP contribution in [0.3, 0.4) is 0 Å². The average Bonchev–Trinajstić information content (AvgIpc) is 3.52. The first-order valence-electron chi connectivity index (χ1n) is 17.1. The van der Waals surface area contributed by atoms with Crippen LogP contribution in [0.5, 0.6) is 5.75 Å². The molecule has 2 aromatic heterocycles. The maximum atomic E-state index is 14.1. The molecule has 4 aromatic rings. The molecule has 6 N–H and O–H groups in total. The molecule has 1 aliphatic rings. The van der Waals surface area contributed by atoms with Crippen LogP contribution in [0.25, 0.3) is 10.2 Å². The molecule has 13 heteroatoms. The van der Waals surface area contributed by atoms with E-state index in [2.05, 4.69) is 31.2 Å². The predicted octanol–water partition coefficient (Wildman–Crippen LogP) is 3.42. The van der Waals surface area contributed by atoms with Crippen LogP contribution in [-0.2, 0) is 32.0 Å². The molecule has 0 radical (unpaired) electrons. The number of ether oxygens (including phenoxy) is 1. The molecule has 0 saturated heterocycles. The van der Waals surface area contributed by atoms with Gasteiger partial charge in [0.1, 0.15) is 23.9 Å². The van der Waals surface area contributed by atoms with E-state index in [0.717, 1.165) is 32.7 Å². The number of nitrogens with one attached hydrogen (secondary N) is 4. The number of benzene rings is 2. The smallest absolute Gasteiger partial charge is 0.243 e. The van der Waals surface area contributed by atoms with Crippen LogP contribution in [-0.4, -0.2) is 64.9 Å². The molecule has 0 fully saturated rings. The number of hydrogen-bond donors (Lipinski definition) is 5. The molecule has 4 amide bonds. The Bertz CT molecular complexity index is 1780. The average molecular weight is 700 g/mol. The first-order valence-corrected chi connectivity index (χ1v) is 17.9. The predicted molar refractivity (Wildman–Crippen MR) is 192 cm³/mol. The van der Waals surface area contributed by atoms with Crippen molar-refractivity contribution in [2.24, 2.45) is 5.73 Å². The van der Waals surface area contributed by atoms with Gasteiger partial charge >= 0.3 is 0 Å². The van der Waals surface area contributed by atoms with Gasteiger partial charge in [-0.3, -0.25) is 24.2 Å². The molecule has 2 aromatic carbocycles. The zero-order valence-corrected chi connectivity index (χ0v) is 29.3. The lowest BCUT2D eigenvalue weighted by molar-refractivity contribution is -0.134. The second-order valence-corrected chi connectivity index (χ2v) is 13.6. The maximum Gasteiger partial charge on any atom is 0.243 e. The number of fused-ring (bicyclic) bond motifs is 2. The number of pyridine rings is 1. The normalized spacial score (nSPS) is 15.5. The fraction of sp³-hybridized carbons (Fsp3) is 0.405. The van der Waals surface area contributed by atoms with Gasteiger partial charge in [0.15, 0.2) is 0 Å². The van der Waals surface area contributed by atoms with Crippen molar-refractivity contribution < 1.29 is 23.9 Å². The summed E-state index contributed by atoms with van der Waals surface area (Å²) in [6, 6.07) is 13.9. The summed E-state index contributed by atoms with van der Waals surface area (Å²) in [5, 5.41) is 12.4. The Labute approximate surface area is 296 Å². The number of nitrogens with two attached hydrogens (primary N) is 1. The highest BCUT2D eigenvalue weighted by atomic mass is 32.1. The zero-order valence-electron chi connectivity index (χ0n) is 28.4. The largest absolute Gasteiger partial charge is 0.493 e. The van der Waals surface area contributed by atoms with Crippen molar-refractivity contribution in [1.82, 2.24) is 31.2 Å². The van der Waals surface area contributed by atoms with Gasteiger partial charge in [-0.15, -0.1) is 11.3 Å². The van der Waals surface area contributed by atoms with Crippen molar-refractivity contribution in [2.45, 2.75) is 83.0 Å². The van der Waals surface area contributed by atoms with Crippen LogP contribution in [0, 0.1) is 6.92 Å². The molecule has 4 atom stereocenters. The van der Waals surface area contributed by atoms with E-state index in [9.17, 15) is 19.2 Å². The van der Waals surface area contributed by atoms with Crippen molar-refractivity contribution >= 4 is 45.2 Å². The van der Waals surface area contributed by atoms with E-state index in [1.165, 1.54) is 11.3 Å². The topological polar surface area (TPSA) is 177 Å². The van der Waals surface area contributed by atoms with Crippen LogP contribution < -0.4 is 31.7 Å². The second-order valence-electron chi connectivity index (χ2n) is 12.5. The van der Waals surface area contributed by atoms with Gasteiger partial charge in [0, 0.05) is 43.6 Å². The highest BCUT2D eigenvalue weighted by Crippen LogP contribution is 2.31. The standard InChI is InChI=1S/C37H45N7O5S/c1-3-33(45)40-30(22-34-41-27-12-11-23(2)20-32(27)50-34)37(48)44-29(21-24-13-17-39-18-14-24)36(47)43-28(9-6-7-16-38)35(46)42-26-15-19-49-31-10-5-4-8-25(26)31/h4-5,8,10-14,17-18,20,26,28-30H,3,6-7,9,15-16,19,21-22,38H2,1-2H3,(H,40,45)(H,42,46)(H,43,47)(H,44,48)/t26-,28+,29+,30+/m1/s1. The summed E-state index contributed by atoms with van der Waals surface area (Å²) in [6.07, 6.45) is 5.94. The summed E-state index contributed by atoms with van der Waals surface area (Å²) in [5.41, 5.74) is 9.31.